The molecule has 0 aromatic heterocycles. The Morgan fingerprint density at radius 3 is 1.00 bits per heavy atom. The molecule has 0 atom stereocenters. The Hall–Kier alpha value is 1.24. The van der Waals surface area contributed by atoms with Crippen LogP contribution in [-0.4, -0.2) is 152 Å². The summed E-state index contributed by atoms with van der Waals surface area (Å²) >= 11 is -14.6. The van der Waals surface area contributed by atoms with E-state index < -0.39 is 84.4 Å². The number of unbranched alkanes of at least 4 members (excludes halogenated alkanes) is 1. The van der Waals surface area contributed by atoms with Gasteiger partial charge in [-0.2, -0.15) is 0 Å². The summed E-state index contributed by atoms with van der Waals surface area (Å²) in [4.78, 5) is 31.2. The molecule has 0 N–H and O–H groups in total. The SMILES string of the molecule is CC(=O)[O][Sn]([O]C=O)([O]C=O)[CH](C)C.CC(C)[O][Sn]([O]C(C)C)([O]C(C)C)[CH](C)C.CCC[CH2][Sn]([O]C(C)(C)C)([O]C(C)(C)C)[O]C(C)(C)C.CC[O][Sn]([CH2]C(C)(C)C)([O]CC)[O]CC. The fourth-order valence-corrected chi connectivity index (χ4v) is 39.4. The monoisotopic (exact) mass is 1370 g/mol. The normalized spacial score (nSPS) is 13.2. The van der Waals surface area contributed by atoms with Gasteiger partial charge in [0.15, 0.2) is 0 Å². The molecule has 15 nitrogen and oxygen atoms in total. The second-order valence-corrected chi connectivity index (χ2v) is 53.1. The summed E-state index contributed by atoms with van der Waals surface area (Å²) < 4.78 is 71.3. The van der Waals surface area contributed by atoms with Crippen LogP contribution in [0.3, 0.4) is 0 Å². The van der Waals surface area contributed by atoms with Crippen molar-refractivity contribution in [2.45, 2.75) is 252 Å². The van der Waals surface area contributed by atoms with Crippen LogP contribution in [-0.2, 0) is 51.3 Å². The molecular weight excluding hydrogens is 1270 g/mol. The molecule has 0 aliphatic carbocycles. The molecule has 0 heterocycles. The molecule has 65 heavy (non-hydrogen) atoms. The summed E-state index contributed by atoms with van der Waals surface area (Å²) in [6, 6.07) is 0. The predicted molar refractivity (Wildman–Crippen MR) is 269 cm³/mol. The molecule has 0 rings (SSSR count). The van der Waals surface area contributed by atoms with Crippen molar-refractivity contribution in [3.8, 4) is 0 Å². The van der Waals surface area contributed by atoms with Gasteiger partial charge in [-0.1, -0.05) is 0 Å². The van der Waals surface area contributed by atoms with Crippen LogP contribution < -0.4 is 0 Å². The van der Waals surface area contributed by atoms with Gasteiger partial charge in [-0.05, 0) is 0 Å². The molecular formula is C46H102O15Sn4. The van der Waals surface area contributed by atoms with Crippen LogP contribution in [0.2, 0.25) is 16.7 Å². The summed E-state index contributed by atoms with van der Waals surface area (Å²) in [7, 11) is 0. The van der Waals surface area contributed by atoms with Gasteiger partial charge in [0.25, 0.3) is 0 Å². The molecule has 0 saturated carbocycles. The Balaban J connectivity index is -0.000000385. The molecule has 0 saturated heterocycles. The van der Waals surface area contributed by atoms with Crippen molar-refractivity contribution < 1.29 is 51.3 Å². The number of hydrogen-bond acceptors (Lipinski definition) is 15. The summed E-state index contributed by atoms with van der Waals surface area (Å²) in [6.45, 7) is 57.0. The van der Waals surface area contributed by atoms with Crippen LogP contribution in [0, 0.1) is 5.41 Å². The van der Waals surface area contributed by atoms with Crippen LogP contribution in [0.1, 0.15) is 200 Å². The third kappa shape index (κ3) is 38.6. The van der Waals surface area contributed by atoms with E-state index in [-0.39, 0.29) is 57.4 Å². The Morgan fingerprint density at radius 1 is 0.508 bits per heavy atom. The van der Waals surface area contributed by atoms with Crippen LogP contribution in [0.5, 0.6) is 0 Å². The van der Waals surface area contributed by atoms with Gasteiger partial charge in [-0.25, -0.2) is 0 Å². The number of carbonyl (C=O) groups is 3. The molecule has 0 unspecified atom stereocenters. The van der Waals surface area contributed by atoms with E-state index in [1.54, 1.807) is 13.8 Å². The van der Waals surface area contributed by atoms with Crippen molar-refractivity contribution in [1.29, 1.82) is 0 Å². The maximum absolute atomic E-state index is 10.8. The number of rotatable bonds is 26. The molecule has 0 aromatic rings. The number of hydrogen-bond donors (Lipinski definition) is 0. The minimum atomic E-state index is -4.32. The van der Waals surface area contributed by atoms with Crippen molar-refractivity contribution in [3.05, 3.63) is 0 Å². The van der Waals surface area contributed by atoms with Gasteiger partial charge >= 0.3 is 426 Å². The second-order valence-electron chi connectivity index (χ2n) is 21.2. The third-order valence-corrected chi connectivity index (χ3v) is 47.5. The van der Waals surface area contributed by atoms with Gasteiger partial charge in [0.1, 0.15) is 0 Å². The zero-order valence-corrected chi connectivity index (χ0v) is 58.0. The molecule has 0 fully saturated rings. The Labute approximate surface area is 421 Å². The van der Waals surface area contributed by atoms with E-state index in [4.69, 9.17) is 30.7 Å². The van der Waals surface area contributed by atoms with E-state index in [1.807, 2.05) is 62.3 Å². The summed E-state index contributed by atoms with van der Waals surface area (Å²) in [5.41, 5.74) is -0.503. The molecule has 0 aromatic carbocycles. The fourth-order valence-electron chi connectivity index (χ4n) is 5.87. The van der Waals surface area contributed by atoms with Crippen LogP contribution in [0.25, 0.3) is 0 Å². The average Bonchev–Trinajstić information content (AvgIpc) is 3.04. The molecule has 0 aliphatic rings. The fraction of sp³-hybridized carbons (Fsp3) is 0.935. The van der Waals surface area contributed by atoms with Crippen LogP contribution in [0.4, 0.5) is 0 Å². The first-order valence-electron chi connectivity index (χ1n) is 23.7. The summed E-state index contributed by atoms with van der Waals surface area (Å²) in [6.07, 6.45) is 2.72. The standard InChI is InChI=1S/C5H11.3C4H9O.C4H9.3C3H7O.2C3H7.C2H4O2.3C2H5O.2CH2O2.4Sn/c1-5(2,3)4;3*1-4(2,3)5;1-3-4-2;3*1-3(2)4;2*1-3-2;1-2(3)4;3*1-2-3;2*2-1-3;;;;/h1H2,2-4H3;3*1-3H3;1,3-4H2,2H3;3*3H,1-2H3;2*3H,1-2H3;1H3,(H,3,4);3*2H2,1H3;2*1H,(H,2,3);;;;/q;3*-1;;3*-1;;;;3*-1;;;4*+3/p-3. The second kappa shape index (κ2) is 34.6. The first-order valence-corrected chi connectivity index (χ1v) is 45.0. The van der Waals surface area contributed by atoms with Crippen molar-refractivity contribution in [2.75, 3.05) is 19.8 Å². The molecule has 0 radical (unpaired) electrons. The van der Waals surface area contributed by atoms with Gasteiger partial charge in [0.2, 0.25) is 0 Å². The predicted octanol–water partition coefficient (Wildman–Crippen LogP) is 12.1. The molecule has 0 spiro atoms. The number of carbonyl (C=O) groups excluding carboxylic acids is 3. The third-order valence-electron chi connectivity index (χ3n) is 7.39. The van der Waals surface area contributed by atoms with E-state index in [9.17, 15) is 14.4 Å². The van der Waals surface area contributed by atoms with E-state index in [1.165, 1.54) is 0 Å². The summed E-state index contributed by atoms with van der Waals surface area (Å²) in [5, 5.41) is 0. The topological polar surface area (TPSA) is 162 Å². The zero-order valence-electron chi connectivity index (χ0n) is 46.6. The average molecular weight is 1370 g/mol. The van der Waals surface area contributed by atoms with Gasteiger partial charge in [0, 0.05) is 0 Å². The Kier molecular flexibility index (Phi) is 38.7. The van der Waals surface area contributed by atoms with Crippen molar-refractivity contribution >= 4 is 97.4 Å². The van der Waals surface area contributed by atoms with Crippen molar-refractivity contribution in [2.24, 2.45) is 5.41 Å². The first-order chi connectivity index (χ1) is 29.2. The van der Waals surface area contributed by atoms with E-state index in [0.29, 0.717) is 23.8 Å². The van der Waals surface area contributed by atoms with E-state index >= 15 is 0 Å². The van der Waals surface area contributed by atoms with Gasteiger partial charge in [-0.15, -0.1) is 0 Å². The Bertz CT molecular complexity index is 1140. The molecule has 392 valence electrons. The minimum absolute atomic E-state index is 0.141. The quantitative estimate of drug-likeness (QED) is 0.0593. The van der Waals surface area contributed by atoms with E-state index in [0.717, 1.165) is 28.6 Å². The maximum atomic E-state index is 10.8. The molecule has 19 heteroatoms. The van der Waals surface area contributed by atoms with Gasteiger partial charge in [0.05, 0.1) is 0 Å². The zero-order chi connectivity index (χ0) is 52.3. The first kappa shape index (κ1) is 72.8. The summed E-state index contributed by atoms with van der Waals surface area (Å²) in [5.74, 6) is -0.627. The molecule has 0 bridgehead atoms. The van der Waals surface area contributed by atoms with Crippen molar-refractivity contribution in [3.63, 3.8) is 0 Å². The van der Waals surface area contributed by atoms with E-state index in [2.05, 4.69) is 110 Å². The van der Waals surface area contributed by atoms with Crippen LogP contribution >= 0.6 is 0 Å². The van der Waals surface area contributed by atoms with Crippen LogP contribution in [0.15, 0.2) is 0 Å². The van der Waals surface area contributed by atoms with Crippen molar-refractivity contribution in [1.82, 2.24) is 0 Å². The molecule has 0 aliphatic heterocycles. The molecule has 0 amide bonds. The van der Waals surface area contributed by atoms with Gasteiger partial charge in [-0.3, -0.25) is 0 Å². The van der Waals surface area contributed by atoms with Gasteiger partial charge < -0.3 is 0 Å². The Morgan fingerprint density at radius 2 is 0.815 bits per heavy atom.